The molecule has 1 aliphatic carbocycles. The lowest BCUT2D eigenvalue weighted by Crippen LogP contribution is -2.53. The number of sulfonamides is 1. The lowest BCUT2D eigenvalue weighted by atomic mass is 9.87. The molecule has 0 atom stereocenters. The molecule has 0 saturated heterocycles. The molecule has 78 valence electrons. The van der Waals surface area contributed by atoms with Crippen LogP contribution in [0.2, 0.25) is 0 Å². The first-order chi connectivity index (χ1) is 5.87. The molecule has 13 heavy (non-hydrogen) atoms. The quantitative estimate of drug-likeness (QED) is 0.684. The second kappa shape index (κ2) is 3.94. The second-order valence-corrected chi connectivity index (χ2v) is 5.86. The maximum Gasteiger partial charge on any atom is 0.208 e. The molecule has 0 amide bonds. The van der Waals surface area contributed by atoms with E-state index in [1.807, 2.05) is 0 Å². The SMILES string of the molecule is CC(C)N[C@H]1C[C@@H](NS(C)(=O)=O)C1. The van der Waals surface area contributed by atoms with Gasteiger partial charge in [0.25, 0.3) is 0 Å². The van der Waals surface area contributed by atoms with Crippen LogP contribution in [0.25, 0.3) is 0 Å². The first kappa shape index (κ1) is 10.9. The molecule has 1 fully saturated rings. The van der Waals surface area contributed by atoms with Crippen LogP contribution in [0.3, 0.4) is 0 Å². The summed E-state index contributed by atoms with van der Waals surface area (Å²) in [5.74, 6) is 0. The van der Waals surface area contributed by atoms with Crippen LogP contribution < -0.4 is 10.0 Å². The van der Waals surface area contributed by atoms with Gasteiger partial charge in [-0.3, -0.25) is 0 Å². The average molecular weight is 206 g/mol. The third-order valence-electron chi connectivity index (χ3n) is 2.09. The van der Waals surface area contributed by atoms with E-state index in [0.717, 1.165) is 12.8 Å². The molecule has 0 aromatic heterocycles. The zero-order valence-electron chi connectivity index (χ0n) is 8.37. The Morgan fingerprint density at radius 2 is 1.77 bits per heavy atom. The minimum absolute atomic E-state index is 0.145. The molecular formula is C8H18N2O2S. The van der Waals surface area contributed by atoms with Crippen molar-refractivity contribution in [1.82, 2.24) is 10.0 Å². The van der Waals surface area contributed by atoms with E-state index in [9.17, 15) is 8.42 Å². The number of hydrogen-bond donors (Lipinski definition) is 2. The van der Waals surface area contributed by atoms with E-state index in [1.165, 1.54) is 6.26 Å². The van der Waals surface area contributed by atoms with E-state index in [1.54, 1.807) is 0 Å². The standard InChI is InChI=1S/C8H18N2O2S/c1-6(2)9-7-4-8(5-7)10-13(3,11)12/h6-10H,4-5H2,1-3H3/t7-,8+. The van der Waals surface area contributed by atoms with Gasteiger partial charge in [-0.25, -0.2) is 13.1 Å². The summed E-state index contributed by atoms with van der Waals surface area (Å²) in [7, 11) is -3.01. The molecule has 0 unspecified atom stereocenters. The summed E-state index contributed by atoms with van der Waals surface area (Å²) in [4.78, 5) is 0. The van der Waals surface area contributed by atoms with Gasteiger partial charge in [0.1, 0.15) is 0 Å². The Morgan fingerprint density at radius 3 is 2.15 bits per heavy atom. The largest absolute Gasteiger partial charge is 0.312 e. The van der Waals surface area contributed by atoms with Crippen molar-refractivity contribution in [2.24, 2.45) is 0 Å². The lowest BCUT2D eigenvalue weighted by molar-refractivity contribution is 0.261. The Balaban J connectivity index is 2.19. The van der Waals surface area contributed by atoms with Crippen molar-refractivity contribution in [3.05, 3.63) is 0 Å². The zero-order valence-corrected chi connectivity index (χ0v) is 9.19. The molecule has 2 N–H and O–H groups in total. The van der Waals surface area contributed by atoms with Crippen molar-refractivity contribution < 1.29 is 8.42 Å². The molecule has 1 rings (SSSR count). The Labute approximate surface area is 80.1 Å². The molecule has 1 saturated carbocycles. The van der Waals surface area contributed by atoms with Crippen LogP contribution >= 0.6 is 0 Å². The molecule has 0 bridgehead atoms. The molecule has 0 aromatic rings. The van der Waals surface area contributed by atoms with Crippen molar-refractivity contribution in [2.75, 3.05) is 6.26 Å². The van der Waals surface area contributed by atoms with Gasteiger partial charge in [-0.1, -0.05) is 13.8 Å². The number of hydrogen-bond acceptors (Lipinski definition) is 3. The summed E-state index contributed by atoms with van der Waals surface area (Å²) in [5, 5.41) is 3.36. The molecule has 0 aliphatic heterocycles. The van der Waals surface area contributed by atoms with Crippen LogP contribution in [-0.4, -0.2) is 32.8 Å². The summed E-state index contributed by atoms with van der Waals surface area (Å²) >= 11 is 0. The maximum atomic E-state index is 10.8. The van der Waals surface area contributed by atoms with Gasteiger partial charge in [-0.15, -0.1) is 0 Å². The zero-order chi connectivity index (χ0) is 10.1. The Morgan fingerprint density at radius 1 is 1.23 bits per heavy atom. The lowest BCUT2D eigenvalue weighted by Gasteiger charge is -2.37. The topological polar surface area (TPSA) is 58.2 Å². The van der Waals surface area contributed by atoms with Crippen molar-refractivity contribution in [3.63, 3.8) is 0 Å². The summed E-state index contributed by atoms with van der Waals surface area (Å²) in [6.45, 7) is 4.19. The third kappa shape index (κ3) is 4.06. The van der Waals surface area contributed by atoms with Crippen LogP contribution in [0, 0.1) is 0 Å². The van der Waals surface area contributed by atoms with E-state index >= 15 is 0 Å². The highest BCUT2D eigenvalue weighted by Gasteiger charge is 2.30. The first-order valence-electron chi connectivity index (χ1n) is 4.60. The van der Waals surface area contributed by atoms with Crippen LogP contribution in [0.4, 0.5) is 0 Å². The fourth-order valence-electron chi connectivity index (χ4n) is 1.62. The molecule has 1 aliphatic rings. The molecule has 0 heterocycles. The minimum atomic E-state index is -3.01. The minimum Gasteiger partial charge on any atom is -0.312 e. The van der Waals surface area contributed by atoms with Crippen molar-refractivity contribution >= 4 is 10.0 Å². The van der Waals surface area contributed by atoms with Crippen LogP contribution in [0.5, 0.6) is 0 Å². The highest BCUT2D eigenvalue weighted by atomic mass is 32.2. The van der Waals surface area contributed by atoms with Gasteiger partial charge in [-0.05, 0) is 12.8 Å². The van der Waals surface area contributed by atoms with Gasteiger partial charge in [-0.2, -0.15) is 0 Å². The van der Waals surface area contributed by atoms with Gasteiger partial charge in [0, 0.05) is 18.1 Å². The number of nitrogens with one attached hydrogen (secondary N) is 2. The summed E-state index contributed by atoms with van der Waals surface area (Å²) in [6.07, 6.45) is 3.02. The van der Waals surface area contributed by atoms with Gasteiger partial charge in [0.2, 0.25) is 10.0 Å². The predicted molar refractivity (Wildman–Crippen MR) is 53.1 cm³/mol. The summed E-state index contributed by atoms with van der Waals surface area (Å²) in [5.41, 5.74) is 0. The van der Waals surface area contributed by atoms with Gasteiger partial charge in [0.15, 0.2) is 0 Å². The summed E-state index contributed by atoms with van der Waals surface area (Å²) < 4.78 is 24.3. The van der Waals surface area contributed by atoms with Crippen molar-refractivity contribution in [2.45, 2.75) is 44.8 Å². The Kier molecular flexibility index (Phi) is 3.32. The fourth-order valence-corrected chi connectivity index (χ4v) is 2.42. The fraction of sp³-hybridized carbons (Fsp3) is 1.00. The maximum absolute atomic E-state index is 10.8. The second-order valence-electron chi connectivity index (χ2n) is 4.08. The molecule has 5 heteroatoms. The van der Waals surface area contributed by atoms with E-state index in [2.05, 4.69) is 23.9 Å². The van der Waals surface area contributed by atoms with E-state index < -0.39 is 10.0 Å². The molecular weight excluding hydrogens is 188 g/mol. The van der Waals surface area contributed by atoms with Gasteiger partial charge >= 0.3 is 0 Å². The highest BCUT2D eigenvalue weighted by Crippen LogP contribution is 2.20. The average Bonchev–Trinajstić information content (AvgIpc) is 1.78. The normalized spacial score (nSPS) is 28.9. The molecule has 0 radical (unpaired) electrons. The molecule has 0 spiro atoms. The first-order valence-corrected chi connectivity index (χ1v) is 6.49. The van der Waals surface area contributed by atoms with Crippen molar-refractivity contribution in [3.8, 4) is 0 Å². The van der Waals surface area contributed by atoms with E-state index in [-0.39, 0.29) is 6.04 Å². The van der Waals surface area contributed by atoms with Gasteiger partial charge < -0.3 is 5.32 Å². The monoisotopic (exact) mass is 206 g/mol. The Bertz CT molecular complexity index is 255. The van der Waals surface area contributed by atoms with Crippen molar-refractivity contribution in [1.29, 1.82) is 0 Å². The van der Waals surface area contributed by atoms with Crippen LogP contribution in [0.1, 0.15) is 26.7 Å². The van der Waals surface area contributed by atoms with Crippen LogP contribution in [0.15, 0.2) is 0 Å². The Hall–Kier alpha value is -0.130. The predicted octanol–water partition coefficient (Wildman–Crippen LogP) is 0.0646. The van der Waals surface area contributed by atoms with Crippen LogP contribution in [-0.2, 0) is 10.0 Å². The van der Waals surface area contributed by atoms with E-state index in [4.69, 9.17) is 0 Å². The van der Waals surface area contributed by atoms with E-state index in [0.29, 0.717) is 12.1 Å². The smallest absolute Gasteiger partial charge is 0.208 e. The highest BCUT2D eigenvalue weighted by molar-refractivity contribution is 7.88. The molecule has 4 nitrogen and oxygen atoms in total. The third-order valence-corrected chi connectivity index (χ3v) is 2.85. The summed E-state index contributed by atoms with van der Waals surface area (Å²) in [6, 6.07) is 1.11. The van der Waals surface area contributed by atoms with Gasteiger partial charge in [0.05, 0.1) is 6.26 Å². The molecule has 0 aromatic carbocycles. The number of rotatable bonds is 4.